The molecule has 0 heterocycles. The zero-order chi connectivity index (χ0) is 15.9. The van der Waals surface area contributed by atoms with E-state index >= 15 is 0 Å². The van der Waals surface area contributed by atoms with Crippen LogP contribution in [0, 0.1) is 5.82 Å². The van der Waals surface area contributed by atoms with Crippen LogP contribution in [-0.4, -0.2) is 6.21 Å². The highest BCUT2D eigenvalue weighted by atomic mass is 19.1. The Balaban J connectivity index is 1.61. The number of benzene rings is 3. The van der Waals surface area contributed by atoms with Crippen molar-refractivity contribution in [3.05, 3.63) is 95.8 Å². The van der Waals surface area contributed by atoms with E-state index in [0.717, 1.165) is 16.7 Å². The summed E-state index contributed by atoms with van der Waals surface area (Å²) in [5, 5.41) is 3.92. The third kappa shape index (κ3) is 4.27. The van der Waals surface area contributed by atoms with E-state index in [1.165, 1.54) is 17.7 Å². The molecule has 0 aliphatic rings. The summed E-state index contributed by atoms with van der Waals surface area (Å²) in [6.07, 6.45) is 1.57. The Morgan fingerprint density at radius 2 is 1.57 bits per heavy atom. The second-order valence-corrected chi connectivity index (χ2v) is 5.13. The minimum absolute atomic E-state index is 0.263. The van der Waals surface area contributed by atoms with Crippen molar-refractivity contribution in [1.82, 2.24) is 0 Å². The molecule has 0 fully saturated rings. The van der Waals surface area contributed by atoms with Gasteiger partial charge in [0.15, 0.2) is 0 Å². The second-order valence-electron chi connectivity index (χ2n) is 5.13. The van der Waals surface area contributed by atoms with E-state index in [1.807, 2.05) is 30.3 Å². The number of hydrogen-bond donors (Lipinski definition) is 0. The van der Waals surface area contributed by atoms with Gasteiger partial charge in [0, 0.05) is 0 Å². The zero-order valence-electron chi connectivity index (χ0n) is 12.5. The van der Waals surface area contributed by atoms with Crippen LogP contribution >= 0.6 is 0 Å². The van der Waals surface area contributed by atoms with Gasteiger partial charge in [0.1, 0.15) is 12.4 Å². The van der Waals surface area contributed by atoms with Crippen molar-refractivity contribution in [2.24, 2.45) is 5.16 Å². The van der Waals surface area contributed by atoms with E-state index in [9.17, 15) is 4.39 Å². The van der Waals surface area contributed by atoms with Gasteiger partial charge in [0.2, 0.25) is 0 Å². The van der Waals surface area contributed by atoms with Gasteiger partial charge in [-0.3, -0.25) is 0 Å². The summed E-state index contributed by atoms with van der Waals surface area (Å²) in [4.78, 5) is 5.32. The number of oxime groups is 1. The molecular weight excluding hydrogens is 289 g/mol. The Bertz CT molecular complexity index is 782. The first-order valence-electron chi connectivity index (χ1n) is 7.36. The van der Waals surface area contributed by atoms with Crippen LogP contribution in [0.4, 0.5) is 4.39 Å². The lowest BCUT2D eigenvalue weighted by molar-refractivity contribution is 0.132. The third-order valence-electron chi connectivity index (χ3n) is 3.41. The van der Waals surface area contributed by atoms with E-state index in [4.69, 9.17) is 4.84 Å². The maximum absolute atomic E-state index is 12.8. The van der Waals surface area contributed by atoms with Crippen molar-refractivity contribution in [2.75, 3.05) is 0 Å². The van der Waals surface area contributed by atoms with Gasteiger partial charge in [-0.1, -0.05) is 65.8 Å². The van der Waals surface area contributed by atoms with Crippen molar-refractivity contribution >= 4 is 6.21 Å². The number of rotatable bonds is 5. The topological polar surface area (TPSA) is 21.6 Å². The first-order valence-corrected chi connectivity index (χ1v) is 7.36. The molecule has 2 nitrogen and oxygen atoms in total. The summed E-state index contributed by atoms with van der Waals surface area (Å²) in [7, 11) is 0. The molecular formula is C20H16FNO. The zero-order valence-corrected chi connectivity index (χ0v) is 12.5. The van der Waals surface area contributed by atoms with Crippen LogP contribution in [0.3, 0.4) is 0 Å². The lowest BCUT2D eigenvalue weighted by Gasteiger charge is -2.05. The molecule has 0 aliphatic carbocycles. The fraction of sp³-hybridized carbons (Fsp3) is 0.0500. The Morgan fingerprint density at radius 1 is 0.826 bits per heavy atom. The largest absolute Gasteiger partial charge is 0.391 e. The summed E-state index contributed by atoms with van der Waals surface area (Å²) in [5.74, 6) is -0.263. The molecule has 0 aliphatic heterocycles. The lowest BCUT2D eigenvalue weighted by Crippen LogP contribution is -1.89. The van der Waals surface area contributed by atoms with Crippen LogP contribution < -0.4 is 0 Å². The predicted octanol–water partition coefficient (Wildman–Crippen LogP) is 5.04. The van der Waals surface area contributed by atoms with Crippen LogP contribution in [-0.2, 0) is 11.4 Å². The maximum Gasteiger partial charge on any atom is 0.142 e. The van der Waals surface area contributed by atoms with E-state index < -0.39 is 0 Å². The molecule has 0 aromatic heterocycles. The highest BCUT2D eigenvalue weighted by Crippen LogP contribution is 2.20. The fourth-order valence-electron chi connectivity index (χ4n) is 2.23. The molecule has 23 heavy (non-hydrogen) atoms. The van der Waals surface area contributed by atoms with E-state index in [-0.39, 0.29) is 5.82 Å². The summed E-state index contributed by atoms with van der Waals surface area (Å²) in [6, 6.07) is 24.4. The highest BCUT2D eigenvalue weighted by Gasteiger charge is 1.99. The average Bonchev–Trinajstić information content (AvgIpc) is 2.61. The van der Waals surface area contributed by atoms with Crippen molar-refractivity contribution in [1.29, 1.82) is 0 Å². The molecule has 0 unspecified atom stereocenters. The molecule has 0 amide bonds. The van der Waals surface area contributed by atoms with Crippen LogP contribution in [0.5, 0.6) is 0 Å². The summed E-state index contributed by atoms with van der Waals surface area (Å²) >= 11 is 0. The Kier molecular flexibility index (Phi) is 4.79. The number of halogens is 1. The molecule has 114 valence electrons. The Labute approximate surface area is 134 Å². The minimum atomic E-state index is -0.263. The normalized spacial score (nSPS) is 10.8. The molecule has 0 radical (unpaired) electrons. The van der Waals surface area contributed by atoms with Gasteiger partial charge in [-0.05, 0) is 40.5 Å². The summed E-state index contributed by atoms with van der Waals surface area (Å²) < 4.78 is 12.8. The van der Waals surface area contributed by atoms with Crippen LogP contribution in [0.25, 0.3) is 11.1 Å². The number of nitrogens with zero attached hydrogens (tertiary/aromatic N) is 1. The minimum Gasteiger partial charge on any atom is -0.391 e. The van der Waals surface area contributed by atoms with Crippen molar-refractivity contribution in [3.63, 3.8) is 0 Å². The standard InChI is InChI=1S/C20H16FNO/c21-20-11-9-16(10-12-20)14-22-23-15-17-5-4-8-19(13-17)18-6-2-1-3-7-18/h1-14H,15H2. The quantitative estimate of drug-likeness (QED) is 0.478. The van der Waals surface area contributed by atoms with E-state index in [1.54, 1.807) is 18.3 Å². The highest BCUT2D eigenvalue weighted by molar-refractivity contribution is 5.78. The molecule has 3 aromatic rings. The van der Waals surface area contributed by atoms with Gasteiger partial charge in [-0.25, -0.2) is 4.39 Å². The van der Waals surface area contributed by atoms with E-state index in [2.05, 4.69) is 29.4 Å². The van der Waals surface area contributed by atoms with Crippen LogP contribution in [0.1, 0.15) is 11.1 Å². The van der Waals surface area contributed by atoms with Crippen molar-refractivity contribution in [3.8, 4) is 11.1 Å². The van der Waals surface area contributed by atoms with Gasteiger partial charge in [-0.15, -0.1) is 0 Å². The average molecular weight is 305 g/mol. The molecule has 3 aromatic carbocycles. The number of hydrogen-bond acceptors (Lipinski definition) is 2. The van der Waals surface area contributed by atoms with Crippen LogP contribution in [0.15, 0.2) is 84.0 Å². The van der Waals surface area contributed by atoms with E-state index in [0.29, 0.717) is 6.61 Å². The molecule has 0 N–H and O–H groups in total. The molecule has 0 saturated carbocycles. The lowest BCUT2D eigenvalue weighted by atomic mass is 10.0. The van der Waals surface area contributed by atoms with Gasteiger partial charge in [0.05, 0.1) is 6.21 Å². The van der Waals surface area contributed by atoms with Gasteiger partial charge < -0.3 is 4.84 Å². The smallest absolute Gasteiger partial charge is 0.142 e. The molecule has 0 bridgehead atoms. The summed E-state index contributed by atoms with van der Waals surface area (Å²) in [5.41, 5.74) is 4.16. The first kappa shape index (κ1) is 15.0. The van der Waals surface area contributed by atoms with Crippen molar-refractivity contribution < 1.29 is 9.23 Å². The maximum atomic E-state index is 12.8. The first-order chi connectivity index (χ1) is 11.3. The molecule has 3 heteroatoms. The fourth-order valence-corrected chi connectivity index (χ4v) is 2.23. The Morgan fingerprint density at radius 3 is 2.35 bits per heavy atom. The SMILES string of the molecule is Fc1ccc(C=NOCc2cccc(-c3ccccc3)c2)cc1. The third-order valence-corrected chi connectivity index (χ3v) is 3.41. The van der Waals surface area contributed by atoms with Crippen LogP contribution in [0.2, 0.25) is 0 Å². The van der Waals surface area contributed by atoms with Gasteiger partial charge in [-0.2, -0.15) is 0 Å². The second kappa shape index (κ2) is 7.36. The Hall–Kier alpha value is -2.94. The predicted molar refractivity (Wildman–Crippen MR) is 90.7 cm³/mol. The molecule has 0 saturated heterocycles. The monoisotopic (exact) mass is 305 g/mol. The molecule has 3 rings (SSSR count). The molecule has 0 atom stereocenters. The molecule has 0 spiro atoms. The van der Waals surface area contributed by atoms with Gasteiger partial charge in [0.25, 0.3) is 0 Å². The summed E-state index contributed by atoms with van der Waals surface area (Å²) in [6.45, 7) is 0.387. The van der Waals surface area contributed by atoms with Gasteiger partial charge >= 0.3 is 0 Å². The van der Waals surface area contributed by atoms with Crippen molar-refractivity contribution in [2.45, 2.75) is 6.61 Å².